The molecule has 2 rings (SSSR count). The Morgan fingerprint density at radius 3 is 2.47 bits per heavy atom. The molecule has 0 bridgehead atoms. The van der Waals surface area contributed by atoms with Gasteiger partial charge in [0.15, 0.2) is 5.96 Å². The zero-order valence-corrected chi connectivity index (χ0v) is 21.5. The third-order valence-corrected chi connectivity index (χ3v) is 4.95. The van der Waals surface area contributed by atoms with Crippen molar-refractivity contribution in [2.75, 3.05) is 77.6 Å². The zero-order valence-electron chi connectivity index (χ0n) is 19.1. The number of amides is 1. The minimum Gasteiger partial charge on any atom is -0.382 e. The lowest BCUT2D eigenvalue weighted by Gasteiger charge is -2.36. The minimum absolute atomic E-state index is 0. The molecule has 10 heteroatoms. The van der Waals surface area contributed by atoms with Gasteiger partial charge in [-0.1, -0.05) is 0 Å². The molecule has 0 spiro atoms. The Morgan fingerprint density at radius 1 is 1.09 bits per heavy atom. The van der Waals surface area contributed by atoms with Crippen molar-refractivity contribution in [2.45, 2.75) is 19.8 Å². The molecule has 0 aromatic heterocycles. The summed E-state index contributed by atoms with van der Waals surface area (Å²) in [6.45, 7) is 8.65. The minimum atomic E-state index is -0.235. The molecular weight excluding hydrogens is 528 g/mol. The molecule has 1 aromatic carbocycles. The van der Waals surface area contributed by atoms with Crippen LogP contribution in [0.2, 0.25) is 0 Å². The van der Waals surface area contributed by atoms with Gasteiger partial charge in [-0.05, 0) is 37.6 Å². The second kappa shape index (κ2) is 16.9. The highest BCUT2D eigenvalue weighted by molar-refractivity contribution is 14.0. The van der Waals surface area contributed by atoms with Crippen molar-refractivity contribution >= 4 is 41.5 Å². The lowest BCUT2D eigenvalue weighted by Crippen LogP contribution is -2.49. The van der Waals surface area contributed by atoms with Gasteiger partial charge < -0.3 is 29.9 Å². The standard InChI is InChI=1S/C22H36FN5O3.HI/c1-3-24-22(25-10-4-16-31-18-17-30-2)26-11-9-21(29)28-14-12-27(13-15-28)20-7-5-19(23)6-8-20;/h5-8H,3-4,9-18H2,1-2H3,(H2,24,25,26);1H. The van der Waals surface area contributed by atoms with E-state index in [1.54, 1.807) is 19.2 Å². The molecule has 1 fully saturated rings. The average Bonchev–Trinajstić information content (AvgIpc) is 2.79. The van der Waals surface area contributed by atoms with Crippen molar-refractivity contribution in [3.05, 3.63) is 30.1 Å². The van der Waals surface area contributed by atoms with Gasteiger partial charge in [0.05, 0.1) is 13.2 Å². The number of halogens is 2. The molecule has 0 atom stereocenters. The summed E-state index contributed by atoms with van der Waals surface area (Å²) >= 11 is 0. The van der Waals surface area contributed by atoms with E-state index in [-0.39, 0.29) is 35.7 Å². The molecule has 0 aliphatic carbocycles. The number of guanidine groups is 1. The molecule has 1 aromatic rings. The first-order valence-electron chi connectivity index (χ1n) is 11.0. The van der Waals surface area contributed by atoms with E-state index in [1.165, 1.54) is 12.1 Å². The summed E-state index contributed by atoms with van der Waals surface area (Å²) in [5.74, 6) is 0.614. The van der Waals surface area contributed by atoms with Gasteiger partial charge in [-0.3, -0.25) is 9.79 Å². The first-order chi connectivity index (χ1) is 15.1. The zero-order chi connectivity index (χ0) is 22.3. The summed E-state index contributed by atoms with van der Waals surface area (Å²) in [7, 11) is 1.65. The highest BCUT2D eigenvalue weighted by Crippen LogP contribution is 2.17. The molecule has 1 aliphatic rings. The smallest absolute Gasteiger partial charge is 0.224 e. The number of nitrogens with one attached hydrogen (secondary N) is 2. The Labute approximate surface area is 207 Å². The summed E-state index contributed by atoms with van der Waals surface area (Å²) in [5.41, 5.74) is 0.991. The van der Waals surface area contributed by atoms with E-state index in [0.29, 0.717) is 58.4 Å². The number of methoxy groups -OCH3 is 1. The number of nitrogens with zero attached hydrogens (tertiary/aromatic N) is 3. The lowest BCUT2D eigenvalue weighted by molar-refractivity contribution is -0.131. The van der Waals surface area contributed by atoms with Crippen LogP contribution in [-0.2, 0) is 14.3 Å². The number of piperazine rings is 1. The topological polar surface area (TPSA) is 78.4 Å². The number of aliphatic imine (C=N–C) groups is 1. The van der Waals surface area contributed by atoms with Crippen LogP contribution in [0.4, 0.5) is 10.1 Å². The van der Waals surface area contributed by atoms with Gasteiger partial charge in [-0.15, -0.1) is 24.0 Å². The van der Waals surface area contributed by atoms with Crippen molar-refractivity contribution < 1.29 is 18.7 Å². The highest BCUT2D eigenvalue weighted by Gasteiger charge is 2.21. The average molecular weight is 565 g/mol. The molecule has 2 N–H and O–H groups in total. The van der Waals surface area contributed by atoms with Gasteiger partial charge >= 0.3 is 0 Å². The van der Waals surface area contributed by atoms with E-state index in [0.717, 1.165) is 31.7 Å². The number of rotatable bonds is 12. The second-order valence-electron chi connectivity index (χ2n) is 7.24. The largest absolute Gasteiger partial charge is 0.382 e. The molecule has 1 amide bonds. The number of hydrogen-bond acceptors (Lipinski definition) is 5. The fourth-order valence-electron chi connectivity index (χ4n) is 3.26. The number of carbonyl (C=O) groups is 1. The van der Waals surface area contributed by atoms with Crippen molar-refractivity contribution in [3.8, 4) is 0 Å². The van der Waals surface area contributed by atoms with Gasteiger partial charge in [-0.2, -0.15) is 0 Å². The summed E-state index contributed by atoms with van der Waals surface area (Å²) < 4.78 is 23.5. The van der Waals surface area contributed by atoms with Crippen LogP contribution in [0.3, 0.4) is 0 Å². The molecule has 1 aliphatic heterocycles. The maximum Gasteiger partial charge on any atom is 0.224 e. The van der Waals surface area contributed by atoms with E-state index in [9.17, 15) is 9.18 Å². The predicted octanol–water partition coefficient (Wildman–Crippen LogP) is 2.09. The van der Waals surface area contributed by atoms with Crippen molar-refractivity contribution in [1.29, 1.82) is 0 Å². The monoisotopic (exact) mass is 565 g/mol. The van der Waals surface area contributed by atoms with E-state index in [1.807, 2.05) is 11.8 Å². The van der Waals surface area contributed by atoms with Crippen LogP contribution in [0, 0.1) is 5.82 Å². The normalized spacial score (nSPS) is 14.2. The van der Waals surface area contributed by atoms with Crippen LogP contribution in [0.25, 0.3) is 0 Å². The molecular formula is C22H37FIN5O3. The van der Waals surface area contributed by atoms with E-state index in [4.69, 9.17) is 9.47 Å². The Bertz CT molecular complexity index is 670. The Morgan fingerprint density at radius 2 is 1.81 bits per heavy atom. The summed E-state index contributed by atoms with van der Waals surface area (Å²) in [4.78, 5) is 21.1. The molecule has 0 radical (unpaired) electrons. The lowest BCUT2D eigenvalue weighted by atomic mass is 10.2. The van der Waals surface area contributed by atoms with Crippen molar-refractivity contribution in [1.82, 2.24) is 15.5 Å². The Kier molecular flexibility index (Phi) is 15.0. The molecule has 182 valence electrons. The number of carbonyl (C=O) groups excluding carboxylic acids is 1. The maximum atomic E-state index is 13.1. The maximum absolute atomic E-state index is 13.1. The molecule has 8 nitrogen and oxygen atoms in total. The summed E-state index contributed by atoms with van der Waals surface area (Å²) in [6, 6.07) is 6.50. The molecule has 1 saturated heterocycles. The van der Waals surface area contributed by atoms with Crippen LogP contribution in [0.5, 0.6) is 0 Å². The summed E-state index contributed by atoms with van der Waals surface area (Å²) in [5, 5.41) is 6.42. The number of hydrogen-bond donors (Lipinski definition) is 2. The highest BCUT2D eigenvalue weighted by atomic mass is 127. The van der Waals surface area contributed by atoms with Gasteiger partial charge in [0.2, 0.25) is 5.91 Å². The Hall–Kier alpha value is -1.66. The second-order valence-corrected chi connectivity index (χ2v) is 7.24. The SMILES string of the molecule is CCNC(=NCCCOCCOC)NCCC(=O)N1CCN(c2ccc(F)cc2)CC1.I. The summed E-state index contributed by atoms with van der Waals surface area (Å²) in [6.07, 6.45) is 1.25. The van der Waals surface area contributed by atoms with Crippen LogP contribution < -0.4 is 15.5 Å². The molecule has 0 unspecified atom stereocenters. The van der Waals surface area contributed by atoms with Gasteiger partial charge in [0, 0.05) is 71.6 Å². The van der Waals surface area contributed by atoms with Crippen LogP contribution >= 0.6 is 24.0 Å². The van der Waals surface area contributed by atoms with E-state index in [2.05, 4.69) is 20.5 Å². The third kappa shape index (κ3) is 10.8. The Balaban J connectivity index is 0.00000512. The first-order valence-corrected chi connectivity index (χ1v) is 11.0. The van der Waals surface area contributed by atoms with Gasteiger partial charge in [0.1, 0.15) is 5.82 Å². The van der Waals surface area contributed by atoms with Gasteiger partial charge in [0.25, 0.3) is 0 Å². The molecule has 1 heterocycles. The van der Waals surface area contributed by atoms with E-state index >= 15 is 0 Å². The quantitative estimate of drug-likeness (QED) is 0.175. The first kappa shape index (κ1) is 28.4. The fourth-order valence-corrected chi connectivity index (χ4v) is 3.26. The molecule has 32 heavy (non-hydrogen) atoms. The van der Waals surface area contributed by atoms with E-state index < -0.39 is 0 Å². The fraction of sp³-hybridized carbons (Fsp3) is 0.636. The number of benzene rings is 1. The van der Waals surface area contributed by atoms with Crippen molar-refractivity contribution in [2.24, 2.45) is 4.99 Å². The predicted molar refractivity (Wildman–Crippen MR) is 137 cm³/mol. The van der Waals surface area contributed by atoms with Crippen LogP contribution in [0.1, 0.15) is 19.8 Å². The molecule has 0 saturated carbocycles. The van der Waals surface area contributed by atoms with Crippen LogP contribution in [0.15, 0.2) is 29.3 Å². The van der Waals surface area contributed by atoms with Gasteiger partial charge in [-0.25, -0.2) is 4.39 Å². The number of ether oxygens (including phenoxy) is 2. The van der Waals surface area contributed by atoms with Crippen LogP contribution in [-0.4, -0.2) is 89.5 Å². The number of anilines is 1. The third-order valence-electron chi connectivity index (χ3n) is 4.95. The van der Waals surface area contributed by atoms with Crippen molar-refractivity contribution in [3.63, 3.8) is 0 Å².